The predicted octanol–water partition coefficient (Wildman–Crippen LogP) is 4.42. The summed E-state index contributed by atoms with van der Waals surface area (Å²) >= 11 is 0. The van der Waals surface area contributed by atoms with Gasteiger partial charge in [0.05, 0.1) is 18.4 Å². The van der Waals surface area contributed by atoms with Crippen LogP contribution in [0.25, 0.3) is 11.0 Å². The monoisotopic (exact) mass is 402 g/mol. The molecule has 0 spiro atoms. The van der Waals surface area contributed by atoms with Crippen LogP contribution in [-0.2, 0) is 4.79 Å². The van der Waals surface area contributed by atoms with Crippen molar-refractivity contribution in [2.75, 3.05) is 13.2 Å². The standard InChI is InChI=1S/C22H26O7/c1-14(2)6-4-7-15(3)10-12-28-21-19(25)16-8-5-9-17(20(16)29-22(21)26)27-13-11-18(23)24/h5-6,8-10,25H,4,7,11-13H2,1-3H3,(H,23,24)/b15-10+. The quantitative estimate of drug-likeness (QED) is 0.447. The molecule has 2 rings (SSSR count). The van der Waals surface area contributed by atoms with Gasteiger partial charge in [-0.2, -0.15) is 0 Å². The Labute approximate surface area is 168 Å². The van der Waals surface area contributed by atoms with Crippen molar-refractivity contribution in [3.05, 3.63) is 51.9 Å². The fourth-order valence-corrected chi connectivity index (χ4v) is 2.61. The summed E-state index contributed by atoms with van der Waals surface area (Å²) in [6.07, 6.45) is 5.61. The van der Waals surface area contributed by atoms with Crippen molar-refractivity contribution in [1.29, 1.82) is 0 Å². The van der Waals surface area contributed by atoms with Gasteiger partial charge in [-0.1, -0.05) is 23.3 Å². The highest BCUT2D eigenvalue weighted by molar-refractivity contribution is 5.89. The van der Waals surface area contributed by atoms with Crippen LogP contribution in [0.1, 0.15) is 40.0 Å². The van der Waals surface area contributed by atoms with Crippen molar-refractivity contribution in [2.45, 2.75) is 40.0 Å². The van der Waals surface area contributed by atoms with Crippen LogP contribution in [0.5, 0.6) is 17.2 Å². The first-order valence-corrected chi connectivity index (χ1v) is 9.34. The number of rotatable bonds is 10. The normalized spacial score (nSPS) is 11.3. The van der Waals surface area contributed by atoms with Crippen LogP contribution < -0.4 is 15.1 Å². The molecule has 7 heteroatoms. The summed E-state index contributed by atoms with van der Waals surface area (Å²) in [4.78, 5) is 22.9. The topological polar surface area (TPSA) is 106 Å². The van der Waals surface area contributed by atoms with E-state index in [1.807, 2.05) is 26.8 Å². The summed E-state index contributed by atoms with van der Waals surface area (Å²) in [5.41, 5.74) is 1.58. The molecule has 2 N–H and O–H groups in total. The fourth-order valence-electron chi connectivity index (χ4n) is 2.61. The molecule has 0 aliphatic heterocycles. The minimum atomic E-state index is -1.01. The molecule has 0 saturated carbocycles. The molecule has 1 aromatic heterocycles. The second-order valence-corrected chi connectivity index (χ2v) is 6.87. The molecule has 0 bridgehead atoms. The molecule has 2 aromatic rings. The van der Waals surface area contributed by atoms with Crippen LogP contribution in [0.3, 0.4) is 0 Å². The molecule has 0 unspecified atom stereocenters. The molecule has 29 heavy (non-hydrogen) atoms. The molecule has 0 amide bonds. The molecular weight excluding hydrogens is 376 g/mol. The number of para-hydroxylation sites is 1. The number of fused-ring (bicyclic) bond motifs is 1. The van der Waals surface area contributed by atoms with Crippen molar-refractivity contribution in [1.82, 2.24) is 0 Å². The van der Waals surface area contributed by atoms with E-state index >= 15 is 0 Å². The van der Waals surface area contributed by atoms with Crippen molar-refractivity contribution in [2.24, 2.45) is 0 Å². The van der Waals surface area contributed by atoms with E-state index in [1.165, 1.54) is 11.6 Å². The van der Waals surface area contributed by atoms with Gasteiger partial charge in [-0.3, -0.25) is 4.79 Å². The number of hydrogen-bond donors (Lipinski definition) is 2. The van der Waals surface area contributed by atoms with Crippen molar-refractivity contribution >= 4 is 16.9 Å². The van der Waals surface area contributed by atoms with Gasteiger partial charge in [0.15, 0.2) is 17.1 Å². The Hall–Kier alpha value is -3.22. The Morgan fingerprint density at radius 1 is 1.14 bits per heavy atom. The summed E-state index contributed by atoms with van der Waals surface area (Å²) in [5, 5.41) is 19.4. The van der Waals surface area contributed by atoms with E-state index < -0.39 is 11.6 Å². The third kappa shape index (κ3) is 6.41. The number of carboxylic acids is 1. The van der Waals surface area contributed by atoms with E-state index in [-0.39, 0.29) is 47.9 Å². The second-order valence-electron chi connectivity index (χ2n) is 6.87. The maximum Gasteiger partial charge on any atom is 0.383 e. The number of aromatic hydroxyl groups is 1. The molecule has 0 aliphatic carbocycles. The first-order valence-electron chi connectivity index (χ1n) is 9.34. The largest absolute Gasteiger partial charge is 0.504 e. The molecular formula is C22H26O7. The molecule has 0 saturated heterocycles. The van der Waals surface area contributed by atoms with Gasteiger partial charge in [0, 0.05) is 0 Å². The van der Waals surface area contributed by atoms with Gasteiger partial charge >= 0.3 is 11.6 Å². The van der Waals surface area contributed by atoms with E-state index in [2.05, 4.69) is 6.08 Å². The van der Waals surface area contributed by atoms with Crippen LogP contribution in [0.2, 0.25) is 0 Å². The van der Waals surface area contributed by atoms with E-state index in [0.29, 0.717) is 0 Å². The highest BCUT2D eigenvalue weighted by atomic mass is 16.5. The number of allylic oxidation sites excluding steroid dienone is 3. The maximum absolute atomic E-state index is 12.3. The average Bonchev–Trinajstić information content (AvgIpc) is 2.64. The molecule has 156 valence electrons. The number of ether oxygens (including phenoxy) is 2. The molecule has 0 fully saturated rings. The minimum absolute atomic E-state index is 0.0428. The Morgan fingerprint density at radius 2 is 1.90 bits per heavy atom. The van der Waals surface area contributed by atoms with Crippen LogP contribution in [0, 0.1) is 0 Å². The smallest absolute Gasteiger partial charge is 0.383 e. The van der Waals surface area contributed by atoms with E-state index in [1.54, 1.807) is 12.1 Å². The molecule has 7 nitrogen and oxygen atoms in total. The summed E-state index contributed by atoms with van der Waals surface area (Å²) < 4.78 is 16.1. The van der Waals surface area contributed by atoms with E-state index in [0.717, 1.165) is 18.4 Å². The first-order chi connectivity index (χ1) is 13.8. The summed E-state index contributed by atoms with van der Waals surface area (Å²) in [7, 11) is 0. The highest BCUT2D eigenvalue weighted by Crippen LogP contribution is 2.35. The summed E-state index contributed by atoms with van der Waals surface area (Å²) in [6, 6.07) is 4.70. The third-order valence-corrected chi connectivity index (χ3v) is 4.15. The molecule has 1 aromatic carbocycles. The molecule has 0 radical (unpaired) electrons. The Kier molecular flexibility index (Phi) is 7.88. The van der Waals surface area contributed by atoms with Crippen molar-refractivity contribution in [3.63, 3.8) is 0 Å². The Balaban J connectivity index is 2.16. The first kappa shape index (κ1) is 22.1. The van der Waals surface area contributed by atoms with Gasteiger partial charge in [0.1, 0.15) is 6.61 Å². The summed E-state index contributed by atoms with van der Waals surface area (Å²) in [5.74, 6) is -1.43. The Bertz CT molecular complexity index is 979. The number of carbonyl (C=O) groups is 1. The predicted molar refractivity (Wildman–Crippen MR) is 110 cm³/mol. The molecule has 1 heterocycles. The minimum Gasteiger partial charge on any atom is -0.504 e. The van der Waals surface area contributed by atoms with Gasteiger partial charge in [0.2, 0.25) is 5.75 Å². The molecule has 0 atom stereocenters. The lowest BCUT2D eigenvalue weighted by molar-refractivity contribution is -0.137. The SMILES string of the molecule is CC(C)=CCC/C(C)=C/COc1c(O)c2cccc(OCCC(=O)O)c2oc1=O. The fraction of sp³-hybridized carbons (Fsp3) is 0.364. The lowest BCUT2D eigenvalue weighted by Crippen LogP contribution is -2.09. The van der Waals surface area contributed by atoms with Gasteiger partial charge in [-0.05, 0) is 51.8 Å². The van der Waals surface area contributed by atoms with E-state index in [9.17, 15) is 14.7 Å². The highest BCUT2D eigenvalue weighted by Gasteiger charge is 2.18. The van der Waals surface area contributed by atoms with Crippen molar-refractivity contribution < 1.29 is 28.9 Å². The lowest BCUT2D eigenvalue weighted by atomic mass is 10.1. The lowest BCUT2D eigenvalue weighted by Gasteiger charge is -2.10. The van der Waals surface area contributed by atoms with Crippen molar-refractivity contribution in [3.8, 4) is 17.2 Å². The van der Waals surface area contributed by atoms with Crippen LogP contribution >= 0.6 is 0 Å². The molecule has 0 aliphatic rings. The zero-order chi connectivity index (χ0) is 21.4. The zero-order valence-corrected chi connectivity index (χ0v) is 16.9. The number of carboxylic acid groups (broad SMARTS) is 1. The van der Waals surface area contributed by atoms with Gasteiger partial charge < -0.3 is 24.1 Å². The van der Waals surface area contributed by atoms with Crippen LogP contribution in [0.15, 0.2) is 50.7 Å². The zero-order valence-electron chi connectivity index (χ0n) is 16.9. The van der Waals surface area contributed by atoms with E-state index in [4.69, 9.17) is 19.0 Å². The summed E-state index contributed by atoms with van der Waals surface area (Å²) in [6.45, 7) is 6.11. The maximum atomic E-state index is 12.3. The van der Waals surface area contributed by atoms with Crippen LogP contribution in [0.4, 0.5) is 0 Å². The average molecular weight is 402 g/mol. The Morgan fingerprint density at radius 3 is 2.59 bits per heavy atom. The second kappa shape index (κ2) is 10.4. The van der Waals surface area contributed by atoms with Gasteiger partial charge in [0.25, 0.3) is 0 Å². The number of benzene rings is 1. The van der Waals surface area contributed by atoms with Gasteiger partial charge in [-0.15, -0.1) is 0 Å². The van der Waals surface area contributed by atoms with Crippen LogP contribution in [-0.4, -0.2) is 29.4 Å². The van der Waals surface area contributed by atoms with Gasteiger partial charge in [-0.25, -0.2) is 4.79 Å². The third-order valence-electron chi connectivity index (χ3n) is 4.15. The number of hydrogen-bond acceptors (Lipinski definition) is 6. The number of aliphatic carboxylic acids is 1.